The number of H-pyrrole nitrogens is 1. The highest BCUT2D eigenvalue weighted by Gasteiger charge is 1.93. The predicted octanol–water partition coefficient (Wildman–Crippen LogP) is 0.822. The average Bonchev–Trinajstić information content (AvgIpc) is 1.80. The van der Waals surface area contributed by atoms with Crippen LogP contribution in [0.15, 0.2) is 16.9 Å². The van der Waals surface area contributed by atoms with Crippen molar-refractivity contribution in [1.29, 1.82) is 0 Å². The van der Waals surface area contributed by atoms with Gasteiger partial charge in [-0.05, 0) is 13.0 Å². The number of aromatic nitrogens is 1. The van der Waals surface area contributed by atoms with E-state index in [9.17, 15) is 9.18 Å². The molecule has 1 N–H and O–H groups in total. The highest BCUT2D eigenvalue weighted by atomic mass is 19.1. The predicted molar refractivity (Wildman–Crippen MR) is 31.8 cm³/mol. The summed E-state index contributed by atoms with van der Waals surface area (Å²) in [7, 11) is 0. The van der Waals surface area contributed by atoms with Crippen molar-refractivity contribution >= 4 is 0 Å². The molecule has 48 valence electrons. The van der Waals surface area contributed by atoms with Crippen molar-refractivity contribution < 1.29 is 4.39 Å². The van der Waals surface area contributed by atoms with Crippen LogP contribution >= 0.6 is 0 Å². The fraction of sp³-hybridized carbons (Fsp3) is 0.167. The lowest BCUT2D eigenvalue weighted by atomic mass is 10.4. The molecule has 0 aliphatic rings. The standard InChI is InChI=1S/C6H6FNO/c1-4-5(7)2-3-6(9)8-4/h2-3H,1H3,(H,8,9). The molecule has 0 spiro atoms. The van der Waals surface area contributed by atoms with E-state index in [1.807, 2.05) is 0 Å². The number of hydrogen-bond acceptors (Lipinski definition) is 1. The third-order valence-corrected chi connectivity index (χ3v) is 1.05. The maximum absolute atomic E-state index is 12.3. The Morgan fingerprint density at radius 2 is 2.22 bits per heavy atom. The maximum Gasteiger partial charge on any atom is 0.248 e. The molecule has 1 rings (SSSR count). The number of rotatable bonds is 0. The van der Waals surface area contributed by atoms with E-state index in [1.165, 1.54) is 6.92 Å². The second-order valence-electron chi connectivity index (χ2n) is 1.80. The average molecular weight is 127 g/mol. The Morgan fingerprint density at radius 3 is 2.67 bits per heavy atom. The maximum atomic E-state index is 12.3. The van der Waals surface area contributed by atoms with Gasteiger partial charge in [-0.3, -0.25) is 4.79 Å². The minimum Gasteiger partial charge on any atom is -0.324 e. The summed E-state index contributed by atoms with van der Waals surface area (Å²) in [5.74, 6) is -0.380. The van der Waals surface area contributed by atoms with Gasteiger partial charge in [-0.25, -0.2) is 4.39 Å². The molecule has 0 fully saturated rings. The summed E-state index contributed by atoms with van der Waals surface area (Å²) in [6.07, 6.45) is 0. The first kappa shape index (κ1) is 6.01. The summed E-state index contributed by atoms with van der Waals surface area (Å²) < 4.78 is 12.3. The second-order valence-corrected chi connectivity index (χ2v) is 1.80. The quantitative estimate of drug-likeness (QED) is 0.550. The van der Waals surface area contributed by atoms with Crippen LogP contribution in [-0.4, -0.2) is 4.98 Å². The Bertz CT molecular complexity index is 266. The third kappa shape index (κ3) is 1.16. The van der Waals surface area contributed by atoms with Crippen LogP contribution in [-0.2, 0) is 0 Å². The molecule has 0 aromatic carbocycles. The molecule has 0 radical (unpaired) electrons. The van der Waals surface area contributed by atoms with Crippen molar-refractivity contribution in [2.45, 2.75) is 6.92 Å². The number of aryl methyl sites for hydroxylation is 1. The Morgan fingerprint density at radius 1 is 1.56 bits per heavy atom. The highest BCUT2D eigenvalue weighted by molar-refractivity contribution is 5.04. The van der Waals surface area contributed by atoms with Crippen molar-refractivity contribution in [2.24, 2.45) is 0 Å². The summed E-state index contributed by atoms with van der Waals surface area (Å²) in [5.41, 5.74) is 0.0106. The Labute approximate surface area is 51.3 Å². The van der Waals surface area contributed by atoms with E-state index in [-0.39, 0.29) is 17.1 Å². The summed E-state index contributed by atoms with van der Waals surface area (Å²) in [4.78, 5) is 12.7. The number of halogens is 1. The molecule has 0 bridgehead atoms. The van der Waals surface area contributed by atoms with E-state index in [1.54, 1.807) is 0 Å². The van der Waals surface area contributed by atoms with Crippen LogP contribution in [0.3, 0.4) is 0 Å². The first-order valence-corrected chi connectivity index (χ1v) is 2.55. The van der Waals surface area contributed by atoms with Crippen molar-refractivity contribution in [3.8, 4) is 0 Å². The van der Waals surface area contributed by atoms with Crippen LogP contribution in [0.5, 0.6) is 0 Å². The van der Waals surface area contributed by atoms with Gasteiger partial charge in [0.25, 0.3) is 0 Å². The minimum absolute atomic E-state index is 0.270. The lowest BCUT2D eigenvalue weighted by Gasteiger charge is -1.90. The Balaban J connectivity index is 3.34. The van der Waals surface area contributed by atoms with Gasteiger partial charge >= 0.3 is 0 Å². The summed E-state index contributed by atoms with van der Waals surface area (Å²) in [6, 6.07) is 2.30. The van der Waals surface area contributed by atoms with Gasteiger partial charge in [0.1, 0.15) is 5.82 Å². The van der Waals surface area contributed by atoms with Crippen molar-refractivity contribution in [3.63, 3.8) is 0 Å². The molecule has 2 nitrogen and oxygen atoms in total. The smallest absolute Gasteiger partial charge is 0.248 e. The third-order valence-electron chi connectivity index (χ3n) is 1.05. The lowest BCUT2D eigenvalue weighted by molar-refractivity contribution is 0.608. The Hall–Kier alpha value is -1.12. The highest BCUT2D eigenvalue weighted by Crippen LogP contribution is 1.95. The van der Waals surface area contributed by atoms with Gasteiger partial charge in [0, 0.05) is 6.07 Å². The first-order valence-electron chi connectivity index (χ1n) is 2.55. The van der Waals surface area contributed by atoms with Crippen molar-refractivity contribution in [3.05, 3.63) is 34.0 Å². The SMILES string of the molecule is Cc1[nH]c(=O)ccc1F. The minimum atomic E-state index is -0.380. The fourth-order valence-corrected chi connectivity index (χ4v) is 0.560. The fourth-order valence-electron chi connectivity index (χ4n) is 0.560. The molecule has 0 aliphatic carbocycles. The first-order chi connectivity index (χ1) is 4.20. The van der Waals surface area contributed by atoms with Gasteiger partial charge < -0.3 is 4.98 Å². The normalized spacial score (nSPS) is 9.56. The van der Waals surface area contributed by atoms with Crippen LogP contribution in [0.4, 0.5) is 4.39 Å². The van der Waals surface area contributed by atoms with Crippen molar-refractivity contribution in [1.82, 2.24) is 4.98 Å². The zero-order valence-corrected chi connectivity index (χ0v) is 4.94. The molecule has 0 saturated heterocycles. The zero-order valence-electron chi connectivity index (χ0n) is 4.94. The number of pyridine rings is 1. The van der Waals surface area contributed by atoms with E-state index in [0.717, 1.165) is 12.1 Å². The van der Waals surface area contributed by atoms with E-state index in [2.05, 4.69) is 4.98 Å². The molecule has 0 saturated carbocycles. The molecule has 3 heteroatoms. The molecular weight excluding hydrogens is 121 g/mol. The molecule has 0 atom stereocenters. The molecule has 0 aliphatic heterocycles. The lowest BCUT2D eigenvalue weighted by Crippen LogP contribution is -2.05. The number of hydrogen-bond donors (Lipinski definition) is 1. The summed E-state index contributed by atoms with van der Waals surface area (Å²) in [6.45, 7) is 1.51. The van der Waals surface area contributed by atoms with Crippen LogP contribution in [0.2, 0.25) is 0 Å². The summed E-state index contributed by atoms with van der Waals surface area (Å²) in [5, 5.41) is 0. The zero-order chi connectivity index (χ0) is 6.85. The van der Waals surface area contributed by atoms with E-state index in [4.69, 9.17) is 0 Å². The van der Waals surface area contributed by atoms with Gasteiger partial charge in [-0.2, -0.15) is 0 Å². The van der Waals surface area contributed by atoms with Gasteiger partial charge in [0.15, 0.2) is 0 Å². The number of aromatic amines is 1. The van der Waals surface area contributed by atoms with Gasteiger partial charge in [0.05, 0.1) is 5.69 Å². The van der Waals surface area contributed by atoms with Gasteiger partial charge in [-0.1, -0.05) is 0 Å². The van der Waals surface area contributed by atoms with Crippen molar-refractivity contribution in [2.75, 3.05) is 0 Å². The van der Waals surface area contributed by atoms with Crippen LogP contribution < -0.4 is 5.56 Å². The molecule has 1 heterocycles. The molecule has 0 amide bonds. The van der Waals surface area contributed by atoms with E-state index < -0.39 is 0 Å². The second kappa shape index (κ2) is 2.01. The van der Waals surface area contributed by atoms with Crippen LogP contribution in [0, 0.1) is 12.7 Å². The molecule has 0 unspecified atom stereocenters. The van der Waals surface area contributed by atoms with Crippen LogP contribution in [0.1, 0.15) is 5.69 Å². The molecule has 1 aromatic heterocycles. The number of nitrogens with one attached hydrogen (secondary N) is 1. The molecule has 1 aromatic rings. The van der Waals surface area contributed by atoms with E-state index in [0.29, 0.717) is 0 Å². The van der Waals surface area contributed by atoms with Gasteiger partial charge in [-0.15, -0.1) is 0 Å². The topological polar surface area (TPSA) is 32.9 Å². The van der Waals surface area contributed by atoms with E-state index >= 15 is 0 Å². The molecular formula is C6H6FNO. The van der Waals surface area contributed by atoms with Crippen LogP contribution in [0.25, 0.3) is 0 Å². The van der Waals surface area contributed by atoms with Gasteiger partial charge in [0.2, 0.25) is 5.56 Å². The Kier molecular flexibility index (Phi) is 1.34. The monoisotopic (exact) mass is 127 g/mol. The summed E-state index contributed by atoms with van der Waals surface area (Å²) >= 11 is 0. The molecule has 9 heavy (non-hydrogen) atoms. The largest absolute Gasteiger partial charge is 0.324 e.